The molecule has 1 aromatic heterocycles. The van der Waals surface area contributed by atoms with E-state index in [4.69, 9.17) is 0 Å². The van der Waals surface area contributed by atoms with Crippen molar-refractivity contribution in [2.24, 2.45) is 5.41 Å². The lowest BCUT2D eigenvalue weighted by Gasteiger charge is -2.40. The summed E-state index contributed by atoms with van der Waals surface area (Å²) in [5.74, 6) is 0.201. The Morgan fingerprint density at radius 2 is 2.19 bits per heavy atom. The maximum absolute atomic E-state index is 11.8. The summed E-state index contributed by atoms with van der Waals surface area (Å²) >= 11 is 0. The predicted molar refractivity (Wildman–Crippen MR) is 82.5 cm³/mol. The first-order chi connectivity index (χ1) is 10.1. The number of anilines is 1. The number of rotatable bonds is 6. The zero-order valence-electron chi connectivity index (χ0n) is 13.0. The van der Waals surface area contributed by atoms with E-state index in [1.807, 2.05) is 13.0 Å². The Labute approximate surface area is 126 Å². The lowest BCUT2D eigenvalue weighted by molar-refractivity contribution is -0.150. The molecule has 0 radical (unpaired) electrons. The average Bonchev–Trinajstić information content (AvgIpc) is 2.48. The molecule has 1 saturated heterocycles. The number of carbonyl (C=O) groups is 1. The first-order valence-corrected chi connectivity index (χ1v) is 7.90. The molecule has 21 heavy (non-hydrogen) atoms. The third-order valence-electron chi connectivity index (χ3n) is 4.30. The Kier molecular flexibility index (Phi) is 5.15. The molecule has 1 aliphatic heterocycles. The van der Waals surface area contributed by atoms with Crippen molar-refractivity contribution >= 4 is 11.8 Å². The minimum absolute atomic E-state index is 0.554. The number of nitrogens with zero attached hydrogens (tertiary/aromatic N) is 3. The van der Waals surface area contributed by atoms with Crippen molar-refractivity contribution in [2.45, 2.75) is 52.4 Å². The van der Waals surface area contributed by atoms with Crippen LogP contribution in [0, 0.1) is 5.41 Å². The van der Waals surface area contributed by atoms with E-state index in [9.17, 15) is 9.90 Å². The van der Waals surface area contributed by atoms with Gasteiger partial charge in [-0.05, 0) is 25.7 Å². The maximum atomic E-state index is 11.8. The molecule has 2 heterocycles. The van der Waals surface area contributed by atoms with Crippen LogP contribution in [0.5, 0.6) is 0 Å². The van der Waals surface area contributed by atoms with Crippen molar-refractivity contribution in [3.8, 4) is 0 Å². The van der Waals surface area contributed by atoms with Gasteiger partial charge in [0.05, 0.1) is 5.41 Å². The monoisotopic (exact) mass is 291 g/mol. The second-order valence-electron chi connectivity index (χ2n) is 5.98. The molecule has 1 unspecified atom stereocenters. The zero-order chi connectivity index (χ0) is 15.3. The summed E-state index contributed by atoms with van der Waals surface area (Å²) in [6.07, 6.45) is 6.86. The molecule has 1 fully saturated rings. The van der Waals surface area contributed by atoms with Crippen LogP contribution in [0.2, 0.25) is 0 Å². The smallest absolute Gasteiger partial charge is 0.311 e. The van der Waals surface area contributed by atoms with E-state index in [1.165, 1.54) is 0 Å². The molecule has 2 rings (SSSR count). The van der Waals surface area contributed by atoms with E-state index in [-0.39, 0.29) is 0 Å². The van der Waals surface area contributed by atoms with Gasteiger partial charge >= 0.3 is 5.97 Å². The topological polar surface area (TPSA) is 66.3 Å². The minimum atomic E-state index is -0.670. The zero-order valence-corrected chi connectivity index (χ0v) is 13.0. The number of carboxylic acid groups (broad SMARTS) is 1. The molecule has 0 saturated carbocycles. The maximum Gasteiger partial charge on any atom is 0.311 e. The Morgan fingerprint density at radius 1 is 1.38 bits per heavy atom. The molecule has 0 aromatic carbocycles. The molecule has 1 N–H and O–H groups in total. The quantitative estimate of drug-likeness (QED) is 0.873. The van der Waals surface area contributed by atoms with Crippen LogP contribution in [0.4, 0.5) is 5.82 Å². The molecular weight excluding hydrogens is 266 g/mol. The summed E-state index contributed by atoms with van der Waals surface area (Å²) in [6, 6.07) is 2.01. The second-order valence-corrected chi connectivity index (χ2v) is 5.98. The molecule has 116 valence electrons. The molecule has 0 aliphatic carbocycles. The van der Waals surface area contributed by atoms with Crippen molar-refractivity contribution in [2.75, 3.05) is 18.0 Å². The molecular formula is C16H25N3O2. The van der Waals surface area contributed by atoms with Crippen LogP contribution in [-0.2, 0) is 11.2 Å². The molecule has 1 atom stereocenters. The number of aliphatic carboxylic acids is 1. The van der Waals surface area contributed by atoms with E-state index in [0.717, 1.165) is 56.6 Å². The highest BCUT2D eigenvalue weighted by Crippen LogP contribution is 2.36. The van der Waals surface area contributed by atoms with E-state index < -0.39 is 11.4 Å². The third kappa shape index (κ3) is 3.52. The van der Waals surface area contributed by atoms with Gasteiger partial charge in [0.25, 0.3) is 0 Å². The van der Waals surface area contributed by atoms with Crippen molar-refractivity contribution < 1.29 is 9.90 Å². The normalized spacial score (nSPS) is 22.3. The van der Waals surface area contributed by atoms with Gasteiger partial charge in [-0.2, -0.15) is 0 Å². The highest BCUT2D eigenvalue weighted by molar-refractivity contribution is 5.76. The van der Waals surface area contributed by atoms with Gasteiger partial charge in [-0.1, -0.05) is 26.7 Å². The van der Waals surface area contributed by atoms with Crippen LogP contribution in [0.15, 0.2) is 12.4 Å². The Bertz CT molecular complexity index is 488. The first-order valence-electron chi connectivity index (χ1n) is 7.90. The molecule has 0 spiro atoms. The summed E-state index contributed by atoms with van der Waals surface area (Å²) < 4.78 is 0. The number of aryl methyl sites for hydroxylation is 1. The fraction of sp³-hybridized carbons (Fsp3) is 0.688. The largest absolute Gasteiger partial charge is 0.481 e. The van der Waals surface area contributed by atoms with Crippen molar-refractivity contribution in [1.29, 1.82) is 0 Å². The van der Waals surface area contributed by atoms with Crippen LogP contribution in [0.25, 0.3) is 0 Å². The molecule has 0 bridgehead atoms. The number of hydrogen-bond donors (Lipinski definition) is 1. The van der Waals surface area contributed by atoms with Crippen molar-refractivity contribution in [1.82, 2.24) is 9.97 Å². The average molecular weight is 291 g/mol. The number of aromatic nitrogens is 2. The molecule has 5 heteroatoms. The van der Waals surface area contributed by atoms with Crippen LogP contribution in [-0.4, -0.2) is 34.1 Å². The first kappa shape index (κ1) is 15.7. The van der Waals surface area contributed by atoms with Gasteiger partial charge in [-0.15, -0.1) is 0 Å². The van der Waals surface area contributed by atoms with Crippen molar-refractivity contribution in [3.63, 3.8) is 0 Å². The van der Waals surface area contributed by atoms with Crippen LogP contribution >= 0.6 is 0 Å². The van der Waals surface area contributed by atoms with Gasteiger partial charge in [0.2, 0.25) is 0 Å². The highest BCUT2D eigenvalue weighted by Gasteiger charge is 2.41. The summed E-state index contributed by atoms with van der Waals surface area (Å²) in [4.78, 5) is 22.5. The summed E-state index contributed by atoms with van der Waals surface area (Å²) in [5.41, 5.74) is 0.410. The fourth-order valence-corrected chi connectivity index (χ4v) is 3.24. The molecule has 1 aliphatic rings. The van der Waals surface area contributed by atoms with Crippen molar-refractivity contribution in [3.05, 3.63) is 18.1 Å². The standard InChI is InChI=1S/C16H25N3O2/c1-3-6-13-10-14(18-12-17-13)19-9-5-8-16(11-19,7-4-2)15(20)21/h10,12H,3-9,11H2,1-2H3,(H,20,21). The predicted octanol–water partition coefficient (Wildman–Crippen LogP) is 2.90. The van der Waals surface area contributed by atoms with Crippen LogP contribution < -0.4 is 4.90 Å². The minimum Gasteiger partial charge on any atom is -0.481 e. The Morgan fingerprint density at radius 3 is 2.86 bits per heavy atom. The second kappa shape index (κ2) is 6.87. The fourth-order valence-electron chi connectivity index (χ4n) is 3.24. The lowest BCUT2D eigenvalue weighted by Crippen LogP contribution is -2.48. The van der Waals surface area contributed by atoms with E-state index in [1.54, 1.807) is 6.33 Å². The number of piperidine rings is 1. The van der Waals surface area contributed by atoms with Crippen LogP contribution in [0.3, 0.4) is 0 Å². The van der Waals surface area contributed by atoms with Gasteiger partial charge in [-0.3, -0.25) is 4.79 Å². The summed E-state index contributed by atoms with van der Waals surface area (Å²) in [5, 5.41) is 9.66. The number of hydrogen-bond acceptors (Lipinski definition) is 4. The van der Waals surface area contributed by atoms with Gasteiger partial charge in [-0.25, -0.2) is 9.97 Å². The molecule has 5 nitrogen and oxygen atoms in total. The number of carboxylic acids is 1. The highest BCUT2D eigenvalue weighted by atomic mass is 16.4. The Balaban J connectivity index is 2.20. The van der Waals surface area contributed by atoms with Gasteiger partial charge in [0, 0.05) is 24.8 Å². The third-order valence-corrected chi connectivity index (χ3v) is 4.30. The summed E-state index contributed by atoms with van der Waals surface area (Å²) in [6.45, 7) is 5.60. The van der Waals surface area contributed by atoms with E-state index in [2.05, 4.69) is 21.8 Å². The molecule has 0 amide bonds. The molecule has 1 aromatic rings. The SMILES string of the molecule is CCCc1cc(N2CCCC(CCC)(C(=O)O)C2)ncn1. The van der Waals surface area contributed by atoms with E-state index >= 15 is 0 Å². The Hall–Kier alpha value is -1.65. The van der Waals surface area contributed by atoms with Gasteiger partial charge < -0.3 is 10.0 Å². The van der Waals surface area contributed by atoms with E-state index in [0.29, 0.717) is 6.54 Å². The van der Waals surface area contributed by atoms with Crippen LogP contribution in [0.1, 0.15) is 51.6 Å². The summed E-state index contributed by atoms with van der Waals surface area (Å²) in [7, 11) is 0. The lowest BCUT2D eigenvalue weighted by atomic mass is 9.76. The van der Waals surface area contributed by atoms with Gasteiger partial charge in [0.15, 0.2) is 0 Å². The van der Waals surface area contributed by atoms with Gasteiger partial charge in [0.1, 0.15) is 12.1 Å².